The van der Waals surface area contributed by atoms with E-state index in [0.717, 1.165) is 75.6 Å². The fourth-order valence-electron chi connectivity index (χ4n) is 6.38. The summed E-state index contributed by atoms with van der Waals surface area (Å²) in [6.07, 6.45) is 4.32. The van der Waals surface area contributed by atoms with E-state index in [2.05, 4.69) is 11.4 Å². The number of Topliss-reactive ketones (excluding diaryl/α,β-unsaturated/α-hetero) is 1. The monoisotopic (exact) mass is 705 g/mol. The number of aromatic hydroxyl groups is 2. The van der Waals surface area contributed by atoms with Crippen LogP contribution < -0.4 is 10.1 Å². The Hall–Kier alpha value is -3.25. The van der Waals surface area contributed by atoms with Crippen LogP contribution in [0.5, 0.6) is 17.2 Å². The number of aliphatic hydroxyl groups is 2. The van der Waals surface area contributed by atoms with E-state index in [4.69, 9.17) is 9.47 Å². The first-order valence-corrected chi connectivity index (χ1v) is 19.5. The molecule has 1 aliphatic rings. The fraction of sp³-hybridized carbons (Fsp3) is 0.410. The Morgan fingerprint density at radius 1 is 0.959 bits per heavy atom. The molecule has 4 aromatic rings. The summed E-state index contributed by atoms with van der Waals surface area (Å²) >= 11 is 0. The van der Waals surface area contributed by atoms with E-state index < -0.39 is 6.23 Å². The van der Waals surface area contributed by atoms with Crippen molar-refractivity contribution in [1.29, 1.82) is 0 Å². The first kappa shape index (κ1) is 37.0. The zero-order valence-corrected chi connectivity index (χ0v) is 29.7. The average molecular weight is 706 g/mol. The molecule has 4 aromatic carbocycles. The van der Waals surface area contributed by atoms with E-state index in [-0.39, 0.29) is 43.0 Å². The number of ketones is 1. The van der Waals surface area contributed by atoms with Gasteiger partial charge in [-0.05, 0) is 102 Å². The third-order valence-electron chi connectivity index (χ3n) is 8.91. The maximum atomic E-state index is 13.7. The molecule has 0 amide bonds. The lowest BCUT2D eigenvalue weighted by Gasteiger charge is -2.27. The molecule has 1 heterocycles. The maximum Gasteiger partial charge on any atom is 0.168 e. The average Bonchev–Trinajstić information content (AvgIpc) is 3.11. The van der Waals surface area contributed by atoms with Crippen LogP contribution in [0.15, 0.2) is 66.7 Å². The second kappa shape index (κ2) is 18.7. The predicted molar refractivity (Wildman–Crippen MR) is 199 cm³/mol. The Balaban J connectivity index is 1.45. The number of fused-ring (bicyclic) bond motifs is 5. The smallest absolute Gasteiger partial charge is 0.168 e. The molecule has 0 aromatic heterocycles. The number of rotatable bonds is 10. The number of aryl methyl sites for hydroxylation is 1. The zero-order chi connectivity index (χ0) is 34.6. The molecule has 8 nitrogen and oxygen atoms in total. The fourth-order valence-corrected chi connectivity index (χ4v) is 8.65. The van der Waals surface area contributed by atoms with Gasteiger partial charge in [0.05, 0.1) is 19.8 Å². The largest absolute Gasteiger partial charge is 0.508 e. The second-order valence-corrected chi connectivity index (χ2v) is 15.0. The molecule has 0 radical (unpaired) electrons. The number of benzene rings is 4. The summed E-state index contributed by atoms with van der Waals surface area (Å²) in [7, 11) is 5.11. The van der Waals surface area contributed by atoms with Crippen LogP contribution in [0.4, 0.5) is 0 Å². The van der Waals surface area contributed by atoms with Crippen LogP contribution >= 0.6 is 21.6 Å². The lowest BCUT2D eigenvalue weighted by atomic mass is 9.89. The second-order valence-electron chi connectivity index (χ2n) is 12.4. The molecule has 2 unspecified atom stereocenters. The first-order chi connectivity index (χ1) is 23.9. The van der Waals surface area contributed by atoms with Gasteiger partial charge in [-0.3, -0.25) is 10.1 Å². The molecule has 49 heavy (non-hydrogen) atoms. The molecule has 5 N–H and O–H groups in total. The van der Waals surface area contributed by atoms with Crippen molar-refractivity contribution in [2.45, 2.75) is 76.1 Å². The molecule has 2 atom stereocenters. The molecule has 0 bridgehead atoms. The van der Waals surface area contributed by atoms with E-state index in [9.17, 15) is 25.2 Å². The molecular weight excluding hydrogens is 659 g/mol. The molecule has 0 fully saturated rings. The number of aliphatic hydroxyl groups excluding tert-OH is 2. The standard InChI is InChI=1S/C39H47NO7S2/c1-46-38-36(45)17-13-28-11-15-30(43)22-32(47-39(40-18-3-4-19-41)29-8-6-7-26(21-29)24-42)9-2-5-20-48-49-25-35-33(37(28)38)16-12-27-10-14-31(44)23-34(27)35/h6-8,10,12-14,16-17,21,23,32,39-42,44-45H,2-5,9,11,15,18-20,22,24-25H2,1H3. The van der Waals surface area contributed by atoms with Gasteiger partial charge in [0.25, 0.3) is 0 Å². The number of nitrogens with one attached hydrogen (secondary N) is 1. The van der Waals surface area contributed by atoms with E-state index in [0.29, 0.717) is 37.3 Å². The van der Waals surface area contributed by atoms with Crippen molar-refractivity contribution in [3.05, 3.63) is 89.0 Å². The number of hydrogen-bond acceptors (Lipinski definition) is 10. The molecule has 0 aliphatic carbocycles. The van der Waals surface area contributed by atoms with Gasteiger partial charge in [-0.2, -0.15) is 0 Å². The molecule has 5 rings (SSSR count). The van der Waals surface area contributed by atoms with Crippen molar-refractivity contribution in [2.24, 2.45) is 0 Å². The van der Waals surface area contributed by atoms with Crippen LogP contribution in [-0.2, 0) is 28.3 Å². The van der Waals surface area contributed by atoms with E-state index in [1.165, 1.54) is 0 Å². The van der Waals surface area contributed by atoms with Crippen LogP contribution in [0.1, 0.15) is 73.4 Å². The predicted octanol–water partition coefficient (Wildman–Crippen LogP) is 7.82. The van der Waals surface area contributed by atoms with E-state index in [1.807, 2.05) is 42.5 Å². The van der Waals surface area contributed by atoms with Gasteiger partial charge in [-0.25, -0.2) is 0 Å². The Morgan fingerprint density at radius 3 is 2.63 bits per heavy atom. The molecular formula is C39H47NO7S2. The van der Waals surface area contributed by atoms with E-state index in [1.54, 1.807) is 46.9 Å². The number of phenols is 2. The highest BCUT2D eigenvalue weighted by Crippen LogP contribution is 2.45. The topological polar surface area (TPSA) is 128 Å². The van der Waals surface area contributed by atoms with E-state index >= 15 is 0 Å². The summed E-state index contributed by atoms with van der Waals surface area (Å²) in [5.41, 5.74) is 5.30. The van der Waals surface area contributed by atoms with Crippen molar-refractivity contribution in [1.82, 2.24) is 5.32 Å². The van der Waals surface area contributed by atoms with Crippen molar-refractivity contribution in [3.63, 3.8) is 0 Å². The summed E-state index contributed by atoms with van der Waals surface area (Å²) in [6.45, 7) is 0.696. The third kappa shape index (κ3) is 9.93. The number of hydrogen-bond donors (Lipinski definition) is 5. The van der Waals surface area contributed by atoms with Gasteiger partial charge in [-0.15, -0.1) is 0 Å². The van der Waals surface area contributed by atoms with Crippen LogP contribution in [0.2, 0.25) is 0 Å². The molecule has 0 spiro atoms. The number of unbranched alkanes of at least 4 members (excludes halogenated alkanes) is 1. The van der Waals surface area contributed by atoms with Gasteiger partial charge in [0.1, 0.15) is 17.8 Å². The third-order valence-corrected chi connectivity index (χ3v) is 11.3. The minimum atomic E-state index is -0.461. The Labute approximate surface area is 296 Å². The van der Waals surface area contributed by atoms with Crippen molar-refractivity contribution >= 4 is 38.1 Å². The van der Waals surface area contributed by atoms with Gasteiger partial charge >= 0.3 is 0 Å². The lowest BCUT2D eigenvalue weighted by molar-refractivity contribution is -0.124. The summed E-state index contributed by atoms with van der Waals surface area (Å²) in [6, 6.07) is 20.6. The Bertz CT molecular complexity index is 1700. The molecule has 262 valence electrons. The number of methoxy groups -OCH3 is 1. The van der Waals surface area contributed by atoms with Gasteiger partial charge in [0.2, 0.25) is 0 Å². The van der Waals surface area contributed by atoms with Crippen LogP contribution in [0.25, 0.3) is 21.9 Å². The highest BCUT2D eigenvalue weighted by Gasteiger charge is 2.24. The Morgan fingerprint density at radius 2 is 1.82 bits per heavy atom. The SMILES string of the molecule is COc1c(O)ccc2c1-c1ccc3ccc(O)cc3c1CSSCCCCC(OC(NCCCCO)c1cccc(CO)c1)CC(=O)CC2. The quantitative estimate of drug-likeness (QED) is 0.0633. The van der Waals surface area contributed by atoms with Crippen LogP contribution in [0.3, 0.4) is 0 Å². The lowest BCUT2D eigenvalue weighted by Crippen LogP contribution is -2.30. The first-order valence-electron chi connectivity index (χ1n) is 17.0. The van der Waals surface area contributed by atoms with Gasteiger partial charge in [-0.1, -0.05) is 70.5 Å². The van der Waals surface area contributed by atoms with Crippen LogP contribution in [0, 0.1) is 0 Å². The molecule has 0 saturated heterocycles. The van der Waals surface area contributed by atoms with Crippen molar-refractivity contribution in [2.75, 3.05) is 26.0 Å². The summed E-state index contributed by atoms with van der Waals surface area (Å²) in [4.78, 5) is 13.7. The van der Waals surface area contributed by atoms with Crippen molar-refractivity contribution in [3.8, 4) is 28.4 Å². The normalized spacial score (nSPS) is 17.0. The minimum absolute atomic E-state index is 0.0298. The zero-order valence-electron chi connectivity index (χ0n) is 28.0. The minimum Gasteiger partial charge on any atom is -0.508 e. The molecule has 10 heteroatoms. The van der Waals surface area contributed by atoms with Gasteiger partial charge in [0.15, 0.2) is 11.5 Å². The number of carbonyl (C=O) groups excluding carboxylic acids is 1. The molecule has 0 saturated carbocycles. The van der Waals surface area contributed by atoms with Gasteiger partial charge < -0.3 is 29.9 Å². The molecule has 1 aliphatic heterocycles. The summed E-state index contributed by atoms with van der Waals surface area (Å²) in [5.74, 6) is 2.29. The van der Waals surface area contributed by atoms with Crippen LogP contribution in [-0.4, -0.2) is 58.3 Å². The Kier molecular flexibility index (Phi) is 14.1. The van der Waals surface area contributed by atoms with Crippen molar-refractivity contribution < 1.29 is 34.7 Å². The highest BCUT2D eigenvalue weighted by atomic mass is 33.1. The summed E-state index contributed by atoms with van der Waals surface area (Å²) < 4.78 is 12.5. The van der Waals surface area contributed by atoms with Gasteiger partial charge in [0, 0.05) is 36.5 Å². The number of ether oxygens (including phenoxy) is 2. The summed E-state index contributed by atoms with van der Waals surface area (Å²) in [5, 5.41) is 45.8. The number of phenolic OH excluding ortho intramolecular Hbond substituents is 2. The highest BCUT2D eigenvalue weighted by molar-refractivity contribution is 8.76. The maximum absolute atomic E-state index is 13.7. The number of carbonyl (C=O) groups is 1.